The van der Waals surface area contributed by atoms with Crippen molar-refractivity contribution in [3.8, 4) is 5.75 Å². The van der Waals surface area contributed by atoms with Crippen LogP contribution in [-0.2, 0) is 13.2 Å². The number of aromatic nitrogens is 2. The number of nitrogens with zero attached hydrogens (tertiary/aromatic N) is 2. The lowest BCUT2D eigenvalue weighted by molar-refractivity contribution is 0.308. The molecule has 0 aliphatic heterocycles. The van der Waals surface area contributed by atoms with E-state index in [0.717, 1.165) is 33.9 Å². The number of halogens is 1. The molecule has 0 bridgehead atoms. The van der Waals surface area contributed by atoms with Gasteiger partial charge in [0.15, 0.2) is 0 Å². The molecule has 0 radical (unpaired) electrons. The smallest absolute Gasteiger partial charge is 0.147 e. The lowest BCUT2D eigenvalue weighted by atomic mass is 10.2. The van der Waals surface area contributed by atoms with Crippen molar-refractivity contribution in [2.24, 2.45) is 0 Å². The number of rotatable bonds is 4. The first-order chi connectivity index (χ1) is 10.6. The summed E-state index contributed by atoms with van der Waals surface area (Å²) in [5.41, 5.74) is 5.65. The largest absolute Gasteiger partial charge is 0.487 e. The van der Waals surface area contributed by atoms with Gasteiger partial charge in [0.1, 0.15) is 17.9 Å². The van der Waals surface area contributed by atoms with Gasteiger partial charge in [0.05, 0.1) is 5.52 Å². The first-order valence-corrected chi connectivity index (χ1v) is 7.81. The van der Waals surface area contributed by atoms with Crippen molar-refractivity contribution >= 4 is 22.6 Å². The van der Waals surface area contributed by atoms with Gasteiger partial charge >= 0.3 is 0 Å². The number of ether oxygens (including phenoxy) is 1. The maximum atomic E-state index is 6.05. The Morgan fingerprint density at radius 1 is 1.14 bits per heavy atom. The highest BCUT2D eigenvalue weighted by Gasteiger charge is 2.15. The second kappa shape index (κ2) is 6.01. The van der Waals surface area contributed by atoms with Crippen molar-refractivity contribution in [3.05, 3.63) is 58.4 Å². The van der Waals surface area contributed by atoms with E-state index < -0.39 is 0 Å². The summed E-state index contributed by atoms with van der Waals surface area (Å²) in [6.07, 6.45) is 1.81. The first-order valence-electron chi connectivity index (χ1n) is 7.43. The van der Waals surface area contributed by atoms with Crippen molar-refractivity contribution < 1.29 is 4.74 Å². The third kappa shape index (κ3) is 2.57. The van der Waals surface area contributed by atoms with Gasteiger partial charge in [-0.05, 0) is 44.0 Å². The van der Waals surface area contributed by atoms with Crippen molar-refractivity contribution in [2.45, 2.75) is 33.9 Å². The molecule has 0 spiro atoms. The van der Waals surface area contributed by atoms with Crippen LogP contribution in [0.5, 0.6) is 5.75 Å². The Labute approximate surface area is 135 Å². The van der Waals surface area contributed by atoms with Crippen molar-refractivity contribution in [1.29, 1.82) is 0 Å². The fourth-order valence-corrected chi connectivity index (χ4v) is 2.89. The quantitative estimate of drug-likeness (QED) is 0.684. The Bertz CT molecular complexity index is 806. The molecule has 0 atom stereocenters. The molecule has 0 amide bonds. The minimum Gasteiger partial charge on any atom is -0.487 e. The zero-order chi connectivity index (χ0) is 15.7. The SMILES string of the molecule is CCn1c(C)c(C)c2nccc(OCc3ccc(Cl)cc3)c21. The minimum atomic E-state index is 0.517. The number of fused-ring (bicyclic) bond motifs is 1. The molecule has 0 aliphatic carbocycles. The fourth-order valence-electron chi connectivity index (χ4n) is 2.77. The van der Waals surface area contributed by atoms with Gasteiger partial charge in [0.25, 0.3) is 0 Å². The molecule has 0 aliphatic rings. The van der Waals surface area contributed by atoms with Gasteiger partial charge in [0.2, 0.25) is 0 Å². The van der Waals surface area contributed by atoms with Crippen molar-refractivity contribution in [2.75, 3.05) is 0 Å². The second-order valence-corrected chi connectivity index (χ2v) is 5.81. The van der Waals surface area contributed by atoms with E-state index in [1.165, 1.54) is 11.3 Å². The maximum absolute atomic E-state index is 6.05. The standard InChI is InChI=1S/C18H19ClN2O/c1-4-21-13(3)12(2)17-18(21)16(9-10-20-17)22-11-14-5-7-15(19)8-6-14/h5-10H,4,11H2,1-3H3. The molecule has 22 heavy (non-hydrogen) atoms. The first kappa shape index (κ1) is 14.9. The number of aryl methyl sites for hydroxylation is 2. The molecular weight excluding hydrogens is 296 g/mol. The highest BCUT2D eigenvalue weighted by Crippen LogP contribution is 2.31. The van der Waals surface area contributed by atoms with Gasteiger partial charge in [-0.25, -0.2) is 0 Å². The summed E-state index contributed by atoms with van der Waals surface area (Å²) in [6, 6.07) is 9.66. The summed E-state index contributed by atoms with van der Waals surface area (Å²) in [7, 11) is 0. The van der Waals surface area contributed by atoms with E-state index >= 15 is 0 Å². The van der Waals surface area contributed by atoms with Gasteiger partial charge < -0.3 is 9.30 Å². The molecule has 0 saturated carbocycles. The van der Waals surface area contributed by atoms with Gasteiger partial charge in [0, 0.05) is 29.5 Å². The number of benzene rings is 1. The Kier molecular flexibility index (Phi) is 4.08. The highest BCUT2D eigenvalue weighted by molar-refractivity contribution is 6.30. The molecular formula is C18H19ClN2O. The van der Waals surface area contributed by atoms with Crippen molar-refractivity contribution in [3.63, 3.8) is 0 Å². The Hall–Kier alpha value is -2.00. The van der Waals surface area contributed by atoms with E-state index in [4.69, 9.17) is 16.3 Å². The molecule has 4 heteroatoms. The van der Waals surface area contributed by atoms with Gasteiger partial charge in [-0.1, -0.05) is 23.7 Å². The topological polar surface area (TPSA) is 27.1 Å². The zero-order valence-electron chi connectivity index (χ0n) is 13.1. The fraction of sp³-hybridized carbons (Fsp3) is 0.278. The molecule has 2 heterocycles. The number of hydrogen-bond donors (Lipinski definition) is 0. The Balaban J connectivity index is 1.97. The molecule has 2 aromatic heterocycles. The summed E-state index contributed by atoms with van der Waals surface area (Å²) in [5.74, 6) is 0.873. The normalized spacial score (nSPS) is 11.1. The van der Waals surface area contributed by atoms with E-state index in [-0.39, 0.29) is 0 Å². The van der Waals surface area contributed by atoms with Crippen LogP contribution in [0, 0.1) is 13.8 Å². The van der Waals surface area contributed by atoms with Crippen molar-refractivity contribution in [1.82, 2.24) is 9.55 Å². The van der Waals surface area contributed by atoms with Crippen LogP contribution in [0.4, 0.5) is 0 Å². The third-order valence-electron chi connectivity index (χ3n) is 4.08. The zero-order valence-corrected chi connectivity index (χ0v) is 13.8. The Morgan fingerprint density at radius 2 is 1.86 bits per heavy atom. The molecule has 3 nitrogen and oxygen atoms in total. The van der Waals surface area contributed by atoms with Crippen LogP contribution in [-0.4, -0.2) is 9.55 Å². The summed E-state index contributed by atoms with van der Waals surface area (Å²) < 4.78 is 8.31. The summed E-state index contributed by atoms with van der Waals surface area (Å²) in [5, 5.41) is 0.737. The highest BCUT2D eigenvalue weighted by atomic mass is 35.5. The summed E-state index contributed by atoms with van der Waals surface area (Å²) in [6.45, 7) is 7.80. The molecule has 3 aromatic rings. The van der Waals surface area contributed by atoms with Crippen LogP contribution in [0.3, 0.4) is 0 Å². The van der Waals surface area contributed by atoms with E-state index in [1.54, 1.807) is 0 Å². The Morgan fingerprint density at radius 3 is 2.55 bits per heavy atom. The lowest BCUT2D eigenvalue weighted by Gasteiger charge is -2.11. The van der Waals surface area contributed by atoms with Gasteiger partial charge in [-0.3, -0.25) is 4.98 Å². The monoisotopic (exact) mass is 314 g/mol. The van der Waals surface area contributed by atoms with Crippen LogP contribution in [0.25, 0.3) is 11.0 Å². The third-order valence-corrected chi connectivity index (χ3v) is 4.34. The molecule has 0 saturated heterocycles. The van der Waals surface area contributed by atoms with Crippen LogP contribution in [0.2, 0.25) is 5.02 Å². The van der Waals surface area contributed by atoms with E-state index in [0.29, 0.717) is 6.61 Å². The van der Waals surface area contributed by atoms with Crippen LogP contribution in [0.1, 0.15) is 23.7 Å². The van der Waals surface area contributed by atoms with Gasteiger partial charge in [-0.2, -0.15) is 0 Å². The molecule has 114 valence electrons. The lowest BCUT2D eigenvalue weighted by Crippen LogP contribution is -2.01. The minimum absolute atomic E-state index is 0.517. The molecule has 3 rings (SSSR count). The predicted octanol–water partition coefficient (Wildman–Crippen LogP) is 4.91. The second-order valence-electron chi connectivity index (χ2n) is 5.38. The van der Waals surface area contributed by atoms with E-state index in [9.17, 15) is 0 Å². The van der Waals surface area contributed by atoms with E-state index in [2.05, 4.69) is 30.3 Å². The molecule has 0 N–H and O–H groups in total. The maximum Gasteiger partial charge on any atom is 0.147 e. The molecule has 0 fully saturated rings. The average Bonchev–Trinajstić information content (AvgIpc) is 2.79. The number of pyridine rings is 1. The van der Waals surface area contributed by atoms with E-state index in [1.807, 2.05) is 36.5 Å². The average molecular weight is 315 g/mol. The predicted molar refractivity (Wildman–Crippen MR) is 90.7 cm³/mol. The van der Waals surface area contributed by atoms with Crippen LogP contribution in [0.15, 0.2) is 36.5 Å². The summed E-state index contributed by atoms with van der Waals surface area (Å²) >= 11 is 5.91. The molecule has 0 unspecified atom stereocenters. The molecule has 1 aromatic carbocycles. The number of hydrogen-bond acceptors (Lipinski definition) is 2. The summed E-state index contributed by atoms with van der Waals surface area (Å²) in [4.78, 5) is 4.52. The van der Waals surface area contributed by atoms with Gasteiger partial charge in [-0.15, -0.1) is 0 Å². The van der Waals surface area contributed by atoms with Crippen LogP contribution >= 0.6 is 11.6 Å². The van der Waals surface area contributed by atoms with Crippen LogP contribution < -0.4 is 4.74 Å².